The van der Waals surface area contributed by atoms with Gasteiger partial charge < -0.3 is 10.2 Å². The van der Waals surface area contributed by atoms with Crippen LogP contribution in [-0.4, -0.2) is 22.2 Å². The maximum atomic E-state index is 10.9. The molecule has 0 spiro atoms. The fraction of sp³-hybridized carbons (Fsp3) is 0.455. The molecule has 0 rings (SSSR count). The Morgan fingerprint density at radius 1 is 1.40 bits per heavy atom. The molecule has 0 heterocycles. The zero-order valence-electron chi connectivity index (χ0n) is 8.56. The number of terminal acetylenes is 1. The molecule has 0 saturated heterocycles. The van der Waals surface area contributed by atoms with Gasteiger partial charge in [-0.3, -0.25) is 9.59 Å². The molecule has 82 valence electrons. The van der Waals surface area contributed by atoms with Crippen LogP contribution in [0.3, 0.4) is 0 Å². The molecule has 0 aliphatic rings. The van der Waals surface area contributed by atoms with Crippen molar-refractivity contribution in [1.29, 1.82) is 0 Å². The van der Waals surface area contributed by atoms with Crippen molar-refractivity contribution in [3.05, 3.63) is 12.2 Å². The van der Waals surface area contributed by atoms with Gasteiger partial charge in [-0.25, -0.2) is 0 Å². The van der Waals surface area contributed by atoms with E-state index in [1.54, 1.807) is 6.08 Å². The summed E-state index contributed by atoms with van der Waals surface area (Å²) < 4.78 is 0. The second kappa shape index (κ2) is 5.86. The molecule has 0 amide bonds. The summed E-state index contributed by atoms with van der Waals surface area (Å²) in [5, 5.41) is 17.8. The first-order valence-electron chi connectivity index (χ1n) is 4.59. The van der Waals surface area contributed by atoms with Gasteiger partial charge in [0.15, 0.2) is 5.41 Å². The van der Waals surface area contributed by atoms with Crippen LogP contribution in [0.1, 0.15) is 26.2 Å². The normalized spacial score (nSPS) is 11.2. The first-order valence-corrected chi connectivity index (χ1v) is 4.59. The Labute approximate surface area is 88.6 Å². The molecule has 0 aliphatic heterocycles. The smallest absolute Gasteiger partial charge is 0.325 e. The van der Waals surface area contributed by atoms with Gasteiger partial charge in [0.05, 0.1) is 0 Å². The topological polar surface area (TPSA) is 74.6 Å². The maximum Gasteiger partial charge on any atom is 0.325 e. The zero-order chi connectivity index (χ0) is 11.9. The van der Waals surface area contributed by atoms with Gasteiger partial charge in [0, 0.05) is 6.42 Å². The number of rotatable bonds is 6. The Bertz CT molecular complexity index is 295. The molecule has 0 saturated carbocycles. The van der Waals surface area contributed by atoms with Crippen LogP contribution in [0.2, 0.25) is 0 Å². The lowest BCUT2D eigenvalue weighted by Crippen LogP contribution is -2.37. The number of carboxylic acids is 2. The van der Waals surface area contributed by atoms with Crippen molar-refractivity contribution in [2.24, 2.45) is 5.41 Å². The van der Waals surface area contributed by atoms with Crippen LogP contribution in [0.25, 0.3) is 0 Å². The van der Waals surface area contributed by atoms with Crippen LogP contribution in [0.15, 0.2) is 12.2 Å². The van der Waals surface area contributed by atoms with E-state index in [0.29, 0.717) is 6.42 Å². The Morgan fingerprint density at radius 2 is 1.93 bits per heavy atom. The molecular weight excluding hydrogens is 196 g/mol. The van der Waals surface area contributed by atoms with Gasteiger partial charge >= 0.3 is 11.9 Å². The summed E-state index contributed by atoms with van der Waals surface area (Å²) in [6.07, 6.45) is 8.80. The van der Waals surface area contributed by atoms with E-state index < -0.39 is 17.4 Å². The molecule has 0 fully saturated rings. The number of hydrogen-bond acceptors (Lipinski definition) is 2. The minimum atomic E-state index is -1.98. The van der Waals surface area contributed by atoms with Crippen molar-refractivity contribution >= 4 is 11.9 Å². The molecule has 4 nitrogen and oxygen atoms in total. The Balaban J connectivity index is 5.06. The van der Waals surface area contributed by atoms with E-state index >= 15 is 0 Å². The quantitative estimate of drug-likeness (QED) is 0.396. The molecule has 0 aliphatic carbocycles. The van der Waals surface area contributed by atoms with Crippen molar-refractivity contribution in [2.45, 2.75) is 26.2 Å². The van der Waals surface area contributed by atoms with Gasteiger partial charge in [-0.2, -0.15) is 0 Å². The van der Waals surface area contributed by atoms with Crippen molar-refractivity contribution < 1.29 is 19.8 Å². The summed E-state index contributed by atoms with van der Waals surface area (Å²) in [5.74, 6) is -0.775. The summed E-state index contributed by atoms with van der Waals surface area (Å²) in [4.78, 5) is 21.8. The first kappa shape index (κ1) is 13.2. The average Bonchev–Trinajstić information content (AvgIpc) is 2.15. The standard InChI is InChI=1S/C11H14O4/c1-3-5-6-8-11(7-4-2,9(12)13)10(14)15/h2,6,8H,3,5,7H2,1H3,(H,12,13)(H,14,15). The molecule has 0 bridgehead atoms. The molecule has 0 unspecified atom stereocenters. The van der Waals surface area contributed by atoms with E-state index in [9.17, 15) is 9.59 Å². The summed E-state index contributed by atoms with van der Waals surface area (Å²) in [5.41, 5.74) is -1.98. The second-order valence-electron chi connectivity index (χ2n) is 3.15. The lowest BCUT2D eigenvalue weighted by atomic mass is 9.84. The first-order chi connectivity index (χ1) is 7.01. The average molecular weight is 210 g/mol. The molecule has 0 atom stereocenters. The van der Waals surface area contributed by atoms with E-state index in [1.807, 2.05) is 6.92 Å². The molecule has 15 heavy (non-hydrogen) atoms. The fourth-order valence-corrected chi connectivity index (χ4v) is 1.06. The van der Waals surface area contributed by atoms with Crippen LogP contribution in [-0.2, 0) is 9.59 Å². The Morgan fingerprint density at radius 3 is 2.27 bits per heavy atom. The number of carbonyl (C=O) groups is 2. The van der Waals surface area contributed by atoms with E-state index in [-0.39, 0.29) is 6.42 Å². The minimum absolute atomic E-state index is 0.349. The van der Waals surface area contributed by atoms with Crippen LogP contribution in [0.5, 0.6) is 0 Å². The molecule has 0 aromatic carbocycles. The highest BCUT2D eigenvalue weighted by molar-refractivity contribution is 6.00. The summed E-state index contributed by atoms with van der Waals surface area (Å²) in [6, 6.07) is 0. The van der Waals surface area contributed by atoms with Crippen molar-refractivity contribution in [2.75, 3.05) is 0 Å². The summed E-state index contributed by atoms with van der Waals surface area (Å²) >= 11 is 0. The van der Waals surface area contributed by atoms with Crippen molar-refractivity contribution in [1.82, 2.24) is 0 Å². The highest BCUT2D eigenvalue weighted by Gasteiger charge is 2.43. The van der Waals surface area contributed by atoms with Crippen LogP contribution < -0.4 is 0 Å². The van der Waals surface area contributed by atoms with E-state index in [1.165, 1.54) is 6.08 Å². The van der Waals surface area contributed by atoms with E-state index in [0.717, 1.165) is 6.42 Å². The highest BCUT2D eigenvalue weighted by atomic mass is 16.4. The number of aliphatic carboxylic acids is 2. The largest absolute Gasteiger partial charge is 0.480 e. The third kappa shape index (κ3) is 3.13. The van der Waals surface area contributed by atoms with Crippen LogP contribution in [0, 0.1) is 17.8 Å². The monoisotopic (exact) mass is 210 g/mol. The number of unbranched alkanes of at least 4 members (excludes halogenated alkanes) is 1. The predicted molar refractivity (Wildman–Crippen MR) is 55.2 cm³/mol. The Hall–Kier alpha value is -1.76. The Kier molecular flexibility index (Phi) is 5.18. The van der Waals surface area contributed by atoms with Gasteiger partial charge in [-0.05, 0) is 6.42 Å². The predicted octanol–water partition coefficient (Wildman–Crippen LogP) is 1.52. The highest BCUT2D eigenvalue weighted by Crippen LogP contribution is 2.25. The fourth-order valence-electron chi connectivity index (χ4n) is 1.06. The SMILES string of the molecule is C#CCC(C=CCCC)(C(=O)O)C(=O)O. The third-order valence-electron chi connectivity index (χ3n) is 2.00. The molecule has 0 aromatic rings. The number of carboxylic acid groups (broad SMARTS) is 2. The van der Waals surface area contributed by atoms with Crippen LogP contribution in [0.4, 0.5) is 0 Å². The van der Waals surface area contributed by atoms with E-state index in [2.05, 4.69) is 5.92 Å². The second-order valence-corrected chi connectivity index (χ2v) is 3.15. The molecule has 0 radical (unpaired) electrons. The van der Waals surface area contributed by atoms with Gasteiger partial charge in [0.25, 0.3) is 0 Å². The lowest BCUT2D eigenvalue weighted by Gasteiger charge is -2.17. The van der Waals surface area contributed by atoms with Crippen molar-refractivity contribution in [3.8, 4) is 12.3 Å². The number of allylic oxidation sites excluding steroid dienone is 1. The summed E-state index contributed by atoms with van der Waals surface area (Å²) in [6.45, 7) is 1.91. The van der Waals surface area contributed by atoms with Crippen molar-refractivity contribution in [3.63, 3.8) is 0 Å². The zero-order valence-corrected chi connectivity index (χ0v) is 8.56. The third-order valence-corrected chi connectivity index (χ3v) is 2.00. The molecule has 0 aromatic heterocycles. The minimum Gasteiger partial charge on any atom is -0.480 e. The molecule has 2 N–H and O–H groups in total. The maximum absolute atomic E-state index is 10.9. The molecular formula is C11H14O4. The number of hydrogen-bond donors (Lipinski definition) is 2. The summed E-state index contributed by atoms with van der Waals surface area (Å²) in [7, 11) is 0. The van der Waals surface area contributed by atoms with Gasteiger partial charge in [0.2, 0.25) is 0 Å². The van der Waals surface area contributed by atoms with Crippen LogP contribution >= 0.6 is 0 Å². The van der Waals surface area contributed by atoms with Gasteiger partial charge in [0.1, 0.15) is 0 Å². The lowest BCUT2D eigenvalue weighted by molar-refractivity contribution is -0.160. The van der Waals surface area contributed by atoms with Gasteiger partial charge in [-0.1, -0.05) is 25.5 Å². The van der Waals surface area contributed by atoms with E-state index in [4.69, 9.17) is 16.6 Å². The van der Waals surface area contributed by atoms with Gasteiger partial charge in [-0.15, -0.1) is 12.3 Å². The molecule has 4 heteroatoms.